The summed E-state index contributed by atoms with van der Waals surface area (Å²) in [6, 6.07) is 21.5. The minimum Gasteiger partial charge on any atom is -0.385 e. The normalized spacial score (nSPS) is 15.2. The zero-order valence-electron chi connectivity index (χ0n) is 61.6. The maximum Gasteiger partial charge on any atom is 0.188 e. The second-order valence-electron chi connectivity index (χ2n) is 27.9. The topological polar surface area (TPSA) is 319 Å². The third kappa shape index (κ3) is 14.8. The van der Waals surface area contributed by atoms with Crippen molar-refractivity contribution in [2.45, 2.75) is 63.5 Å². The molecular formula is C79H81N31S. The summed E-state index contributed by atoms with van der Waals surface area (Å²) in [4.78, 5) is 45.7. The number of piperidine rings is 1. The van der Waals surface area contributed by atoms with Gasteiger partial charge in [0.25, 0.3) is 0 Å². The van der Waals surface area contributed by atoms with Crippen molar-refractivity contribution < 1.29 is 0 Å². The van der Waals surface area contributed by atoms with E-state index in [-0.39, 0.29) is 0 Å². The zero-order valence-corrected chi connectivity index (χ0v) is 62.4. The molecule has 0 spiro atoms. The molecule has 3 aromatic carbocycles. The molecule has 18 heterocycles. The molecule has 0 saturated carbocycles. The molecule has 0 bridgehead atoms. The molecule has 558 valence electrons. The fraction of sp³-hybridized carbons (Fsp3) is 0.241. The van der Waals surface area contributed by atoms with Gasteiger partial charge in [0.15, 0.2) is 51.0 Å². The molecule has 14 aromatic heterocycles. The van der Waals surface area contributed by atoms with Crippen LogP contribution in [0.3, 0.4) is 0 Å². The van der Waals surface area contributed by atoms with E-state index in [4.69, 9.17) is 15.0 Å². The summed E-state index contributed by atoms with van der Waals surface area (Å²) in [6.45, 7) is 6.06. The molecule has 2 saturated heterocycles. The summed E-state index contributed by atoms with van der Waals surface area (Å²) in [5.74, 6) is 3.30. The van der Waals surface area contributed by atoms with Crippen LogP contribution in [0, 0.1) is 0 Å². The van der Waals surface area contributed by atoms with Gasteiger partial charge in [0.05, 0.1) is 96.1 Å². The number of fused-ring (bicyclic) bond motifs is 6. The van der Waals surface area contributed by atoms with Gasteiger partial charge in [0.2, 0.25) is 0 Å². The number of nitrogens with one attached hydrogen (secondary N) is 8. The van der Waals surface area contributed by atoms with Crippen molar-refractivity contribution in [1.82, 2.24) is 127 Å². The minimum atomic E-state index is 0.370. The number of imidazole rings is 5. The largest absolute Gasteiger partial charge is 0.385 e. The number of benzene rings is 3. The molecule has 0 amide bonds. The smallest absolute Gasteiger partial charge is 0.188 e. The van der Waals surface area contributed by atoms with Crippen molar-refractivity contribution in [1.29, 1.82) is 0 Å². The van der Waals surface area contributed by atoms with E-state index in [1.165, 1.54) is 35.2 Å². The maximum absolute atomic E-state index is 5.03. The standard InChI is InChI=1S/C24H25N9.2C19H19N7.C17H18N8S/c1-31-14-18(12-28-31)22-13-27-24-23(30-21(15-33(22)24)17-3-2-8-25-11-17)29-19-4-6-20(7-5-19)32-10-9-26-16-32;1-25-12-15(10-23-25)17-11-22-19-18(21-6-7-26(17)19)24-16-3-2-13-4-5-20-9-14(13)8-16;1-25-12-14(10-23-25)17-11-22-19-18(21-7-8-26(17)19)24-15-5-4-13-3-2-6-20-16(13)9-15;1-24-9-11(7-21-24)14-8-20-16-15(19-5-6-25(14)16)23-17-22-13(10-26-17)12-3-2-4-18-12/h4-7,9-10,12-17,25H,2-3,8,11H2,1H3,(H,29,30);2-3,6-8,10-12,20H,4-5,9H2,1H3,(H,21,24);4-5,7-12,20H,2-3,6H2,1H3,(H,21,24);5-10,12,18H,2-4H2,1H3,(H,19,22,23)/t;;;12-/m...0/s1. The molecule has 4 aliphatic heterocycles. The van der Waals surface area contributed by atoms with Crippen molar-refractivity contribution in [3.63, 3.8) is 0 Å². The zero-order chi connectivity index (χ0) is 74.7. The lowest BCUT2D eigenvalue weighted by molar-refractivity contribution is 0.454. The average molecular weight is 1500 g/mol. The second-order valence-corrected chi connectivity index (χ2v) is 28.8. The molecule has 32 heteroatoms. The van der Waals surface area contributed by atoms with Crippen LogP contribution in [-0.2, 0) is 47.6 Å². The van der Waals surface area contributed by atoms with Gasteiger partial charge in [-0.25, -0.2) is 49.8 Å². The summed E-state index contributed by atoms with van der Waals surface area (Å²) in [6.07, 6.45) is 49.5. The van der Waals surface area contributed by atoms with Crippen LogP contribution in [0.1, 0.15) is 72.1 Å². The van der Waals surface area contributed by atoms with E-state index in [1.807, 2.05) is 162 Å². The Bertz CT molecular complexity index is 5910. The molecule has 111 heavy (non-hydrogen) atoms. The molecule has 1 unspecified atom stereocenters. The van der Waals surface area contributed by atoms with Crippen molar-refractivity contribution in [2.75, 3.05) is 59.3 Å². The van der Waals surface area contributed by atoms with Crippen LogP contribution in [0.5, 0.6) is 0 Å². The highest BCUT2D eigenvalue weighted by Gasteiger charge is 2.24. The van der Waals surface area contributed by atoms with Gasteiger partial charge in [-0.1, -0.05) is 12.1 Å². The average Bonchev–Trinajstić information content (AvgIpc) is 1.66. The van der Waals surface area contributed by atoms with Gasteiger partial charge < -0.3 is 47.1 Å². The van der Waals surface area contributed by atoms with Crippen LogP contribution in [0.25, 0.3) is 73.3 Å². The monoisotopic (exact) mass is 1500 g/mol. The summed E-state index contributed by atoms with van der Waals surface area (Å²) < 4.78 is 17.4. The van der Waals surface area contributed by atoms with Crippen LogP contribution in [0.2, 0.25) is 0 Å². The number of thiazole rings is 1. The van der Waals surface area contributed by atoms with Gasteiger partial charge in [0, 0.05) is 190 Å². The number of aryl methyl sites for hydroxylation is 5. The molecule has 2 atom stereocenters. The van der Waals surface area contributed by atoms with Crippen molar-refractivity contribution in [3.8, 4) is 50.7 Å². The lowest BCUT2D eigenvalue weighted by Crippen LogP contribution is -2.29. The fourth-order valence-corrected chi connectivity index (χ4v) is 15.4. The first kappa shape index (κ1) is 69.4. The lowest BCUT2D eigenvalue weighted by atomic mass is 9.96. The highest BCUT2D eigenvalue weighted by atomic mass is 32.1. The van der Waals surface area contributed by atoms with Gasteiger partial charge in [-0.15, -0.1) is 11.3 Å². The summed E-state index contributed by atoms with van der Waals surface area (Å²) in [5, 5.41) is 47.6. The Morgan fingerprint density at radius 2 is 0.991 bits per heavy atom. The van der Waals surface area contributed by atoms with E-state index in [2.05, 4.69) is 162 Å². The van der Waals surface area contributed by atoms with Crippen LogP contribution in [-0.4, -0.2) is 144 Å². The Morgan fingerprint density at radius 1 is 0.441 bits per heavy atom. The highest BCUT2D eigenvalue weighted by molar-refractivity contribution is 7.13. The van der Waals surface area contributed by atoms with Gasteiger partial charge >= 0.3 is 0 Å². The number of nitrogens with zero attached hydrogens (tertiary/aromatic N) is 23. The third-order valence-corrected chi connectivity index (χ3v) is 21.1. The third-order valence-electron chi connectivity index (χ3n) is 20.3. The van der Waals surface area contributed by atoms with Crippen LogP contribution in [0.4, 0.5) is 51.2 Å². The molecule has 8 N–H and O–H groups in total. The number of hydrogen-bond donors (Lipinski definition) is 8. The van der Waals surface area contributed by atoms with Gasteiger partial charge in [0.1, 0.15) is 0 Å². The van der Waals surface area contributed by atoms with E-state index in [0.29, 0.717) is 17.8 Å². The van der Waals surface area contributed by atoms with Gasteiger partial charge in [-0.05, 0) is 130 Å². The van der Waals surface area contributed by atoms with E-state index in [1.54, 1.807) is 56.5 Å². The first-order valence-corrected chi connectivity index (χ1v) is 38.0. The Morgan fingerprint density at radius 3 is 1.54 bits per heavy atom. The fourth-order valence-electron chi connectivity index (χ4n) is 14.7. The Labute approximate surface area is 641 Å². The second kappa shape index (κ2) is 30.8. The van der Waals surface area contributed by atoms with E-state index < -0.39 is 0 Å². The number of rotatable bonds is 15. The highest BCUT2D eigenvalue weighted by Crippen LogP contribution is 2.35. The quantitative estimate of drug-likeness (QED) is 0.0473. The van der Waals surface area contributed by atoms with Crippen molar-refractivity contribution >= 4 is 85.1 Å². The van der Waals surface area contributed by atoms with E-state index >= 15 is 0 Å². The minimum absolute atomic E-state index is 0.370. The SMILES string of the molecule is Cn1cc(-c2cnc3c(Nc4ccc(-n5ccnc5)cc4)nc(C4CCCNC4)cn23)cn1.Cn1cc(-c2cnc3c(Nc4ccc5c(c4)CNCC5)nccn23)cn1.Cn1cc(-c2cnc3c(Nc4ccc5c(c4)NCCC5)nccn23)cn1.Cn1cc(-c2cnc3c(Nc4nc([C@@H]5CCCN5)cs4)nccn23)cn1. The first-order chi connectivity index (χ1) is 54.6. The predicted octanol–water partition coefficient (Wildman–Crippen LogP) is 12.0. The van der Waals surface area contributed by atoms with Gasteiger partial charge in [-0.3, -0.25) is 36.3 Å². The first-order valence-electron chi connectivity index (χ1n) is 37.1. The lowest BCUT2D eigenvalue weighted by Gasteiger charge is -2.23. The van der Waals surface area contributed by atoms with Crippen molar-refractivity contribution in [3.05, 3.63) is 231 Å². The molecule has 0 aliphatic carbocycles. The summed E-state index contributed by atoms with van der Waals surface area (Å²) in [7, 11) is 7.64. The molecule has 0 radical (unpaired) electrons. The Hall–Kier alpha value is -13.3. The molecule has 2 fully saturated rings. The van der Waals surface area contributed by atoms with Crippen LogP contribution < -0.4 is 42.5 Å². The number of hydrogen-bond acceptors (Lipinski definition) is 23. The molecule has 21 rings (SSSR count). The van der Waals surface area contributed by atoms with E-state index in [9.17, 15) is 0 Å². The number of aromatic nitrogens is 23. The molecule has 4 aliphatic rings. The summed E-state index contributed by atoms with van der Waals surface area (Å²) in [5.41, 5.74) is 22.7. The molecular weight excluding hydrogens is 1420 g/mol. The molecule has 17 aromatic rings. The Kier molecular flexibility index (Phi) is 19.2. The maximum atomic E-state index is 5.03. The van der Waals surface area contributed by atoms with Crippen LogP contribution in [0.15, 0.2) is 203 Å². The number of anilines is 9. The van der Waals surface area contributed by atoms with Crippen molar-refractivity contribution in [2.24, 2.45) is 28.2 Å². The van der Waals surface area contributed by atoms with E-state index in [0.717, 1.165) is 196 Å². The summed E-state index contributed by atoms with van der Waals surface area (Å²) >= 11 is 1.59. The Balaban J connectivity index is 0.000000104. The predicted molar refractivity (Wildman–Crippen MR) is 429 cm³/mol. The van der Waals surface area contributed by atoms with Gasteiger partial charge in [-0.2, -0.15) is 20.4 Å². The molecule has 31 nitrogen and oxygen atoms in total. The van der Waals surface area contributed by atoms with Crippen LogP contribution >= 0.6 is 11.3 Å².